The lowest BCUT2D eigenvalue weighted by Gasteiger charge is -2.43. The Morgan fingerprint density at radius 3 is 1.94 bits per heavy atom. The molecule has 0 saturated carbocycles. The van der Waals surface area contributed by atoms with Gasteiger partial charge in [0.25, 0.3) is 0 Å². The Balaban J connectivity index is 2.25. The topological polar surface area (TPSA) is 290 Å². The van der Waals surface area contributed by atoms with Gasteiger partial charge in [-0.25, -0.2) is 4.79 Å². The minimum atomic E-state index is -3.06. The van der Waals surface area contributed by atoms with Crippen LogP contribution < -0.4 is 0 Å². The third kappa shape index (κ3) is 6.22. The molecule has 0 aromatic heterocycles. The zero-order chi connectivity index (χ0) is 26.7. The molecule has 17 nitrogen and oxygen atoms in total. The molecule has 2 fully saturated rings. The van der Waals surface area contributed by atoms with E-state index in [2.05, 4.69) is 0 Å². The summed E-state index contributed by atoms with van der Waals surface area (Å²) < 4.78 is 20.6. The van der Waals surface area contributed by atoms with E-state index in [4.69, 9.17) is 29.2 Å². The van der Waals surface area contributed by atoms with Gasteiger partial charge in [-0.05, 0) is 0 Å². The highest BCUT2D eigenvalue weighted by molar-refractivity contribution is 5.88. The molecule has 0 bridgehead atoms. The van der Waals surface area contributed by atoms with Crippen molar-refractivity contribution in [3.05, 3.63) is 0 Å². The molecule has 0 spiro atoms. The lowest BCUT2D eigenvalue weighted by atomic mass is 9.96. The standard InChI is InChI=1S/C18H28O17/c19-3-6-10(24)12(26)13(27)15(33-6)35-18(14(28)11(25)7(4-20)34-18)5-32-9(23)2-17(31,16(29)30)1-8(21)22/h6-7,10-15,19-20,24-28,31H,1-5H2,(H,21,22)(H,29,30)/t6-,7-,10-,11-,12+,13-,14+,15-,17?,18+/m1/s1. The molecule has 202 valence electrons. The van der Waals surface area contributed by atoms with Crippen LogP contribution >= 0.6 is 0 Å². The van der Waals surface area contributed by atoms with Crippen molar-refractivity contribution in [2.24, 2.45) is 0 Å². The van der Waals surface area contributed by atoms with E-state index in [0.29, 0.717) is 0 Å². The van der Waals surface area contributed by atoms with Crippen LogP contribution in [-0.4, -0.2) is 149 Å². The maximum atomic E-state index is 12.2. The Hall–Kier alpha value is -2.03. The van der Waals surface area contributed by atoms with Gasteiger partial charge in [-0.15, -0.1) is 0 Å². The molecule has 2 saturated heterocycles. The van der Waals surface area contributed by atoms with Crippen LogP contribution in [0.3, 0.4) is 0 Å². The monoisotopic (exact) mass is 516 g/mol. The predicted molar refractivity (Wildman–Crippen MR) is 102 cm³/mol. The van der Waals surface area contributed by atoms with E-state index < -0.39 is 111 Å². The number of rotatable bonds is 11. The highest BCUT2D eigenvalue weighted by Crippen LogP contribution is 2.37. The minimum Gasteiger partial charge on any atom is -0.481 e. The molecule has 0 aliphatic carbocycles. The summed E-state index contributed by atoms with van der Waals surface area (Å²) in [5.74, 6) is -7.92. The van der Waals surface area contributed by atoms with E-state index in [0.717, 1.165) is 0 Å². The maximum Gasteiger partial charge on any atom is 0.336 e. The first kappa shape index (κ1) is 29.2. The number of hydrogen-bond acceptors (Lipinski definition) is 15. The summed E-state index contributed by atoms with van der Waals surface area (Å²) in [7, 11) is 0. The van der Waals surface area contributed by atoms with Crippen LogP contribution in [0.15, 0.2) is 0 Å². The predicted octanol–water partition coefficient (Wildman–Crippen LogP) is -6.16. The number of carboxylic acids is 2. The summed E-state index contributed by atoms with van der Waals surface area (Å²) in [6, 6.07) is 0. The average molecular weight is 516 g/mol. The van der Waals surface area contributed by atoms with E-state index in [1.165, 1.54) is 0 Å². The van der Waals surface area contributed by atoms with Crippen molar-refractivity contribution < 1.29 is 84.4 Å². The van der Waals surface area contributed by atoms with Crippen LogP contribution in [0.5, 0.6) is 0 Å². The number of carboxylic acid groups (broad SMARTS) is 2. The highest BCUT2D eigenvalue weighted by atomic mass is 16.8. The third-order valence-corrected chi connectivity index (χ3v) is 5.56. The number of carbonyl (C=O) groups excluding carboxylic acids is 1. The molecule has 2 heterocycles. The van der Waals surface area contributed by atoms with Crippen LogP contribution in [0.25, 0.3) is 0 Å². The number of carbonyl (C=O) groups is 3. The van der Waals surface area contributed by atoms with Crippen molar-refractivity contribution in [2.75, 3.05) is 19.8 Å². The average Bonchev–Trinajstić information content (AvgIpc) is 3.02. The molecule has 1 unspecified atom stereocenters. The van der Waals surface area contributed by atoms with Crippen LogP contribution in [0.4, 0.5) is 0 Å². The number of aliphatic hydroxyl groups excluding tert-OH is 7. The number of ether oxygens (including phenoxy) is 4. The lowest BCUT2D eigenvalue weighted by Crippen LogP contribution is -2.63. The van der Waals surface area contributed by atoms with Gasteiger partial charge in [0.1, 0.15) is 49.3 Å². The third-order valence-electron chi connectivity index (χ3n) is 5.56. The summed E-state index contributed by atoms with van der Waals surface area (Å²) in [4.78, 5) is 34.3. The summed E-state index contributed by atoms with van der Waals surface area (Å²) in [6.07, 6.45) is -17.4. The van der Waals surface area contributed by atoms with Gasteiger partial charge in [-0.2, -0.15) is 0 Å². The van der Waals surface area contributed by atoms with Gasteiger partial charge in [0.2, 0.25) is 5.79 Å². The SMILES string of the molecule is O=C(O)CC(O)(CC(=O)OC[C@@]1(O[C@H]2O[C@H](CO)[C@@H](O)[C@H](O)[C@H]2O)O[C@H](CO)[C@@H](O)[C@@H]1O)C(=O)O. The highest BCUT2D eigenvalue weighted by Gasteiger charge is 2.59. The van der Waals surface area contributed by atoms with Gasteiger partial charge < -0.3 is 70.0 Å². The Kier molecular flexibility index (Phi) is 9.47. The molecule has 10 atom stereocenters. The molecule has 0 amide bonds. The van der Waals surface area contributed by atoms with Crippen molar-refractivity contribution in [1.82, 2.24) is 0 Å². The van der Waals surface area contributed by atoms with Crippen LogP contribution in [-0.2, 0) is 33.3 Å². The Labute approximate surface area is 196 Å². The van der Waals surface area contributed by atoms with Gasteiger partial charge in [0.05, 0.1) is 26.1 Å². The second-order valence-electron chi connectivity index (χ2n) is 8.15. The van der Waals surface area contributed by atoms with Gasteiger partial charge in [-0.3, -0.25) is 9.59 Å². The number of aliphatic hydroxyl groups is 8. The first-order chi connectivity index (χ1) is 16.2. The zero-order valence-corrected chi connectivity index (χ0v) is 18.0. The number of aliphatic carboxylic acids is 2. The fraction of sp³-hybridized carbons (Fsp3) is 0.833. The molecule has 2 aliphatic heterocycles. The van der Waals surface area contributed by atoms with E-state index in [1.807, 2.05) is 0 Å². The molecule has 0 radical (unpaired) electrons. The zero-order valence-electron chi connectivity index (χ0n) is 18.0. The molecular weight excluding hydrogens is 488 g/mol. The van der Waals surface area contributed by atoms with E-state index in [-0.39, 0.29) is 0 Å². The van der Waals surface area contributed by atoms with Crippen molar-refractivity contribution in [3.8, 4) is 0 Å². The fourth-order valence-corrected chi connectivity index (χ4v) is 3.55. The van der Waals surface area contributed by atoms with E-state index in [1.54, 1.807) is 0 Å². The second-order valence-corrected chi connectivity index (χ2v) is 8.15. The molecule has 35 heavy (non-hydrogen) atoms. The summed E-state index contributed by atoms with van der Waals surface area (Å²) in [6.45, 7) is -2.92. The van der Waals surface area contributed by atoms with Crippen molar-refractivity contribution in [3.63, 3.8) is 0 Å². The maximum absolute atomic E-state index is 12.2. The molecule has 2 rings (SSSR count). The summed E-state index contributed by atoms with van der Waals surface area (Å²) in [5.41, 5.74) is -3.06. The number of hydrogen-bond donors (Lipinski definition) is 10. The number of esters is 1. The Morgan fingerprint density at radius 2 is 1.46 bits per heavy atom. The molecule has 0 aromatic carbocycles. The van der Waals surface area contributed by atoms with E-state index in [9.17, 15) is 55.2 Å². The van der Waals surface area contributed by atoms with Crippen molar-refractivity contribution in [2.45, 2.75) is 73.2 Å². The van der Waals surface area contributed by atoms with Gasteiger partial charge >= 0.3 is 17.9 Å². The van der Waals surface area contributed by atoms with Crippen LogP contribution in [0, 0.1) is 0 Å². The second kappa shape index (κ2) is 11.4. The van der Waals surface area contributed by atoms with Gasteiger partial charge in [0, 0.05) is 0 Å². The van der Waals surface area contributed by atoms with Crippen molar-refractivity contribution >= 4 is 17.9 Å². The fourth-order valence-electron chi connectivity index (χ4n) is 3.55. The summed E-state index contributed by atoms with van der Waals surface area (Å²) in [5, 5.41) is 97.1. The van der Waals surface area contributed by atoms with Gasteiger partial charge in [-0.1, -0.05) is 0 Å². The molecule has 17 heteroatoms. The van der Waals surface area contributed by atoms with Crippen LogP contribution in [0.1, 0.15) is 12.8 Å². The largest absolute Gasteiger partial charge is 0.481 e. The molecule has 10 N–H and O–H groups in total. The molecular formula is C18H28O17. The smallest absolute Gasteiger partial charge is 0.336 e. The normalized spacial score (nSPS) is 39.1. The summed E-state index contributed by atoms with van der Waals surface area (Å²) >= 11 is 0. The molecule has 2 aliphatic rings. The Bertz CT molecular complexity index is 774. The van der Waals surface area contributed by atoms with E-state index >= 15 is 0 Å². The van der Waals surface area contributed by atoms with Crippen LogP contribution in [0.2, 0.25) is 0 Å². The first-order valence-corrected chi connectivity index (χ1v) is 10.2. The first-order valence-electron chi connectivity index (χ1n) is 10.2. The lowest BCUT2D eigenvalue weighted by molar-refractivity contribution is -0.383. The Morgan fingerprint density at radius 1 is 0.857 bits per heavy atom. The minimum absolute atomic E-state index is 0.852. The molecule has 0 aromatic rings. The van der Waals surface area contributed by atoms with Crippen molar-refractivity contribution in [1.29, 1.82) is 0 Å². The van der Waals surface area contributed by atoms with Gasteiger partial charge in [0.15, 0.2) is 11.9 Å². The quantitative estimate of drug-likeness (QED) is 0.114.